The van der Waals surface area contributed by atoms with Crippen LogP contribution in [0.5, 0.6) is 0 Å². The molecular weight excluding hydrogens is 457 g/mol. The third-order valence-electron chi connectivity index (χ3n) is 5.75. The topological polar surface area (TPSA) is 75.9 Å². The summed E-state index contributed by atoms with van der Waals surface area (Å²) in [6, 6.07) is 5.34. The maximum absolute atomic E-state index is 13.3. The van der Waals surface area contributed by atoms with E-state index in [1.807, 2.05) is 31.9 Å². The van der Waals surface area contributed by atoms with Crippen LogP contribution in [0.4, 0.5) is 24.5 Å². The molecule has 0 unspecified atom stereocenters. The molecule has 3 aromatic rings. The predicted molar refractivity (Wildman–Crippen MR) is 118 cm³/mol. The van der Waals surface area contributed by atoms with Crippen molar-refractivity contribution in [3.05, 3.63) is 63.7 Å². The molecule has 1 aliphatic heterocycles. The Morgan fingerprint density at radius 2 is 1.91 bits per heavy atom. The zero-order chi connectivity index (χ0) is 23.9. The van der Waals surface area contributed by atoms with Crippen LogP contribution in [0.15, 0.2) is 30.5 Å². The number of pyridine rings is 1. The van der Waals surface area contributed by atoms with Gasteiger partial charge in [0.05, 0.1) is 34.9 Å². The normalized spacial score (nSPS) is 16.0. The van der Waals surface area contributed by atoms with Crippen LogP contribution in [0.3, 0.4) is 0 Å². The first-order chi connectivity index (χ1) is 15.5. The molecule has 0 bridgehead atoms. The molecule has 1 N–H and O–H groups in total. The lowest BCUT2D eigenvalue weighted by molar-refractivity contribution is -0.138. The summed E-state index contributed by atoms with van der Waals surface area (Å²) in [5.41, 5.74) is 3.08. The molecule has 0 radical (unpaired) electrons. The van der Waals surface area contributed by atoms with E-state index in [0.29, 0.717) is 24.2 Å². The highest BCUT2D eigenvalue weighted by Gasteiger charge is 2.33. The number of carbonyl (C=O) groups excluding carboxylic acids is 1. The highest BCUT2D eigenvalue weighted by Crippen LogP contribution is 2.35. The molecule has 0 saturated heterocycles. The van der Waals surface area contributed by atoms with E-state index in [2.05, 4.69) is 20.6 Å². The standard InChI is InChI=1S/C22H22ClF3N6O/c1-12-20-19(31(3)13(2)21(33)28-20)9-16(27-12)6-7-17-11-32(30-29-17)10-14-4-5-15(23)8-18(14)22(24,25)26/h4-5,8-9,11,13H,6-7,10H2,1-3H3,(H,28,33)/t13-/m0/s1. The van der Waals surface area contributed by atoms with Crippen molar-refractivity contribution in [2.75, 3.05) is 17.3 Å². The molecule has 174 valence electrons. The molecule has 3 heterocycles. The number of carbonyl (C=O) groups is 1. The average molecular weight is 479 g/mol. The number of anilines is 2. The highest BCUT2D eigenvalue weighted by atomic mass is 35.5. The molecule has 11 heteroatoms. The second-order valence-electron chi connectivity index (χ2n) is 8.08. The molecule has 1 aliphatic rings. The van der Waals surface area contributed by atoms with Crippen LogP contribution in [-0.4, -0.2) is 39.0 Å². The monoisotopic (exact) mass is 478 g/mol. The molecule has 4 rings (SSSR count). The SMILES string of the molecule is Cc1nc(CCc2cn(Cc3ccc(Cl)cc3C(F)(F)F)nn2)cc2c1NC(=O)[C@H](C)N2C. The molecule has 1 amide bonds. The fourth-order valence-corrected chi connectivity index (χ4v) is 3.98. The first-order valence-corrected chi connectivity index (χ1v) is 10.7. The largest absolute Gasteiger partial charge is 0.416 e. The van der Waals surface area contributed by atoms with E-state index in [9.17, 15) is 18.0 Å². The summed E-state index contributed by atoms with van der Waals surface area (Å²) in [6.45, 7) is 3.60. The third kappa shape index (κ3) is 4.80. The number of aryl methyl sites for hydroxylation is 3. The summed E-state index contributed by atoms with van der Waals surface area (Å²) >= 11 is 5.74. The first-order valence-electron chi connectivity index (χ1n) is 10.3. The Labute approximate surface area is 193 Å². The maximum atomic E-state index is 13.3. The number of benzene rings is 1. The number of rotatable bonds is 5. The number of nitrogens with zero attached hydrogens (tertiary/aromatic N) is 5. The van der Waals surface area contributed by atoms with Crippen LogP contribution >= 0.6 is 11.6 Å². The average Bonchev–Trinajstić information content (AvgIpc) is 3.19. The Hall–Kier alpha value is -3.14. The predicted octanol–water partition coefficient (Wildman–Crippen LogP) is 4.26. The lowest BCUT2D eigenvalue weighted by atomic mass is 10.1. The van der Waals surface area contributed by atoms with Crippen molar-refractivity contribution in [1.29, 1.82) is 0 Å². The Balaban J connectivity index is 1.48. The minimum absolute atomic E-state index is 0.0257. The molecule has 33 heavy (non-hydrogen) atoms. The van der Waals surface area contributed by atoms with Gasteiger partial charge in [-0.05, 0) is 50.5 Å². The van der Waals surface area contributed by atoms with Crippen LogP contribution in [0.2, 0.25) is 5.02 Å². The van der Waals surface area contributed by atoms with Crippen molar-refractivity contribution in [3.63, 3.8) is 0 Å². The third-order valence-corrected chi connectivity index (χ3v) is 5.99. The van der Waals surface area contributed by atoms with E-state index in [-0.39, 0.29) is 29.1 Å². The Kier molecular flexibility index (Phi) is 6.04. The van der Waals surface area contributed by atoms with E-state index < -0.39 is 11.7 Å². The van der Waals surface area contributed by atoms with Crippen LogP contribution in [0.25, 0.3) is 0 Å². The highest BCUT2D eigenvalue weighted by molar-refractivity contribution is 6.30. The van der Waals surface area contributed by atoms with Gasteiger partial charge in [-0.3, -0.25) is 9.78 Å². The first kappa shape index (κ1) is 23.0. The van der Waals surface area contributed by atoms with Gasteiger partial charge in [-0.25, -0.2) is 4.68 Å². The molecule has 0 saturated carbocycles. The Bertz CT molecular complexity index is 1210. The summed E-state index contributed by atoms with van der Waals surface area (Å²) in [7, 11) is 1.86. The van der Waals surface area contributed by atoms with Crippen LogP contribution in [0.1, 0.15) is 35.1 Å². The fraction of sp³-hybridized carbons (Fsp3) is 0.364. The van der Waals surface area contributed by atoms with Gasteiger partial charge in [-0.2, -0.15) is 13.2 Å². The number of hydrogen-bond acceptors (Lipinski definition) is 5. The van der Waals surface area contributed by atoms with Crippen LogP contribution in [-0.2, 0) is 30.4 Å². The van der Waals surface area contributed by atoms with Crippen molar-refractivity contribution >= 4 is 28.9 Å². The molecule has 1 aromatic carbocycles. The summed E-state index contributed by atoms with van der Waals surface area (Å²) < 4.78 is 41.4. The van der Waals surface area contributed by atoms with E-state index in [1.54, 1.807) is 6.20 Å². The van der Waals surface area contributed by atoms with Crippen molar-refractivity contribution in [2.24, 2.45) is 0 Å². The molecular formula is C22H22ClF3N6O. The molecule has 7 nitrogen and oxygen atoms in total. The van der Waals surface area contributed by atoms with E-state index in [0.717, 1.165) is 23.1 Å². The van der Waals surface area contributed by atoms with E-state index in [1.165, 1.54) is 16.8 Å². The number of halogens is 4. The van der Waals surface area contributed by atoms with E-state index >= 15 is 0 Å². The number of alkyl halides is 3. The second kappa shape index (κ2) is 8.66. The van der Waals surface area contributed by atoms with Crippen LogP contribution in [0, 0.1) is 6.92 Å². The van der Waals surface area contributed by atoms with Gasteiger partial charge < -0.3 is 10.2 Å². The van der Waals surface area contributed by atoms with Crippen LogP contribution < -0.4 is 10.2 Å². The number of hydrogen-bond donors (Lipinski definition) is 1. The van der Waals surface area contributed by atoms with Gasteiger partial charge >= 0.3 is 6.18 Å². The summed E-state index contributed by atoms with van der Waals surface area (Å²) in [6.07, 6.45) is -1.79. The van der Waals surface area contributed by atoms with Crippen molar-refractivity contribution < 1.29 is 18.0 Å². The number of aromatic nitrogens is 4. The lowest BCUT2D eigenvalue weighted by Gasteiger charge is -2.34. The zero-order valence-electron chi connectivity index (χ0n) is 18.2. The van der Waals surface area contributed by atoms with Gasteiger partial charge in [0.2, 0.25) is 5.91 Å². The van der Waals surface area contributed by atoms with Gasteiger partial charge in [-0.15, -0.1) is 5.10 Å². The Morgan fingerprint density at radius 3 is 2.64 bits per heavy atom. The second-order valence-corrected chi connectivity index (χ2v) is 8.51. The quantitative estimate of drug-likeness (QED) is 0.593. The zero-order valence-corrected chi connectivity index (χ0v) is 19.0. The molecule has 0 spiro atoms. The molecule has 0 aliphatic carbocycles. The fourth-order valence-electron chi connectivity index (χ4n) is 3.80. The minimum Gasteiger partial charge on any atom is -0.361 e. The van der Waals surface area contributed by atoms with Gasteiger partial charge in [0, 0.05) is 24.0 Å². The summed E-state index contributed by atoms with van der Waals surface area (Å²) in [4.78, 5) is 18.6. The molecule has 2 aromatic heterocycles. The van der Waals surface area contributed by atoms with Gasteiger partial charge in [0.15, 0.2) is 0 Å². The van der Waals surface area contributed by atoms with Gasteiger partial charge in [0.25, 0.3) is 0 Å². The maximum Gasteiger partial charge on any atom is 0.416 e. The summed E-state index contributed by atoms with van der Waals surface area (Å²) in [5.74, 6) is -0.0753. The Morgan fingerprint density at radius 1 is 1.18 bits per heavy atom. The van der Waals surface area contributed by atoms with E-state index in [4.69, 9.17) is 11.6 Å². The van der Waals surface area contributed by atoms with Gasteiger partial charge in [-0.1, -0.05) is 22.9 Å². The minimum atomic E-state index is -4.51. The smallest absolute Gasteiger partial charge is 0.361 e. The molecule has 0 fully saturated rings. The number of nitrogens with one attached hydrogen (secondary N) is 1. The lowest BCUT2D eigenvalue weighted by Crippen LogP contribution is -2.44. The molecule has 1 atom stereocenters. The van der Waals surface area contributed by atoms with Gasteiger partial charge in [0.1, 0.15) is 6.04 Å². The summed E-state index contributed by atoms with van der Waals surface area (Å²) in [5, 5.41) is 11.0. The van der Waals surface area contributed by atoms with Crippen molar-refractivity contribution in [3.8, 4) is 0 Å². The number of amides is 1. The number of likely N-dealkylation sites (N-methyl/N-ethyl adjacent to an activating group) is 1. The number of fused-ring (bicyclic) bond motifs is 1. The van der Waals surface area contributed by atoms with Crippen molar-refractivity contribution in [1.82, 2.24) is 20.0 Å². The van der Waals surface area contributed by atoms with Crippen molar-refractivity contribution in [2.45, 2.75) is 45.5 Å².